The Bertz CT molecular complexity index is 917. The second kappa shape index (κ2) is 9.70. The lowest BCUT2D eigenvalue weighted by Gasteiger charge is -2.22. The molecule has 3 rings (SSSR count). The highest BCUT2D eigenvalue weighted by atomic mass is 32.1. The summed E-state index contributed by atoms with van der Waals surface area (Å²) in [6.45, 7) is 3.37. The first-order valence-electron chi connectivity index (χ1n) is 9.12. The van der Waals surface area contributed by atoms with Crippen LogP contribution < -0.4 is 10.1 Å². The molecule has 1 aliphatic heterocycles. The topological polar surface area (TPSA) is 114 Å². The Balaban J connectivity index is 1.68. The zero-order valence-electron chi connectivity index (χ0n) is 16.1. The lowest BCUT2D eigenvalue weighted by Crippen LogP contribution is -2.99. The van der Waals surface area contributed by atoms with E-state index in [2.05, 4.69) is 19.5 Å². The fraction of sp³-hybridized carbons (Fsp3) is 0.316. The predicted molar refractivity (Wildman–Crippen MR) is 111 cm³/mol. The molecule has 2 aromatic carbocycles. The first-order valence-corrected chi connectivity index (χ1v) is 10.0. The van der Waals surface area contributed by atoms with Gasteiger partial charge in [0, 0.05) is 36.5 Å². The monoisotopic (exact) mass is 417 g/mol. The number of azo groups is 1. The molecule has 0 aliphatic carbocycles. The van der Waals surface area contributed by atoms with Crippen molar-refractivity contribution < 1.29 is 20.0 Å². The Morgan fingerprint density at radius 2 is 2.10 bits per heavy atom. The molecule has 0 saturated heterocycles. The average molecular weight is 417 g/mol. The van der Waals surface area contributed by atoms with Crippen molar-refractivity contribution in [3.63, 3.8) is 0 Å². The van der Waals surface area contributed by atoms with E-state index in [1.807, 2.05) is 31.2 Å². The molecule has 2 N–H and O–H groups in total. The first-order chi connectivity index (χ1) is 14.0. The van der Waals surface area contributed by atoms with E-state index in [0.717, 1.165) is 35.0 Å². The Hall–Kier alpha value is -2.66. The number of rotatable bonds is 8. The summed E-state index contributed by atoms with van der Waals surface area (Å²) >= 11 is 0.722. The van der Waals surface area contributed by atoms with Crippen molar-refractivity contribution in [1.29, 1.82) is 0 Å². The summed E-state index contributed by atoms with van der Waals surface area (Å²) in [4.78, 5) is 13.4. The molecule has 154 valence electrons. The fourth-order valence-electron chi connectivity index (χ4n) is 2.90. The number of methoxy groups -OCH3 is 1. The summed E-state index contributed by atoms with van der Waals surface area (Å²) in [5.41, 5.74) is 3.41. The molecule has 0 aromatic heterocycles. The summed E-state index contributed by atoms with van der Waals surface area (Å²) in [6.07, 6.45) is 0.327. The number of carbonyl (C=O) groups excluding carboxylic acids is 1. The van der Waals surface area contributed by atoms with Gasteiger partial charge < -0.3 is 14.8 Å². The highest BCUT2D eigenvalue weighted by Gasteiger charge is 2.20. The van der Waals surface area contributed by atoms with E-state index in [-0.39, 0.29) is 17.0 Å². The minimum Gasteiger partial charge on any atom is -0.595 e. The lowest BCUT2D eigenvalue weighted by atomic mass is 10.1. The first kappa shape index (κ1) is 21.1. The Kier molecular flexibility index (Phi) is 7.04. The highest BCUT2D eigenvalue weighted by Crippen LogP contribution is 2.36. The number of hydrogen-bond acceptors (Lipinski definition) is 8. The minimum atomic E-state index is -0.977. The number of nitrogens with one attached hydrogen (secondary N) is 1. The van der Waals surface area contributed by atoms with Crippen molar-refractivity contribution >= 4 is 40.3 Å². The summed E-state index contributed by atoms with van der Waals surface area (Å²) in [7, 11) is 1.39. The van der Waals surface area contributed by atoms with Gasteiger partial charge >= 0.3 is 5.97 Å². The number of esters is 1. The average Bonchev–Trinajstić information content (AvgIpc) is 3.15. The smallest absolute Gasteiger partial charge is 0.307 e. The molecule has 9 nitrogen and oxygen atoms in total. The summed E-state index contributed by atoms with van der Waals surface area (Å²) < 4.78 is 9.06. The normalized spacial score (nSPS) is 16.3. The molecule has 10 heteroatoms. The molecule has 0 amide bonds. The summed E-state index contributed by atoms with van der Waals surface area (Å²) in [6, 6.07) is 12.4. The second-order valence-electron chi connectivity index (χ2n) is 6.31. The molecule has 0 spiro atoms. The maximum absolute atomic E-state index is 11.4. The van der Waals surface area contributed by atoms with Crippen LogP contribution in [0.25, 0.3) is 0 Å². The summed E-state index contributed by atoms with van der Waals surface area (Å²) in [5.74, 6) is -0.235. The van der Waals surface area contributed by atoms with Gasteiger partial charge in [0.05, 0.1) is 24.9 Å². The van der Waals surface area contributed by atoms with Crippen molar-refractivity contribution in [2.45, 2.75) is 18.7 Å². The van der Waals surface area contributed by atoms with Crippen molar-refractivity contribution in [2.75, 3.05) is 25.1 Å². The van der Waals surface area contributed by atoms with Gasteiger partial charge in [-0.2, -0.15) is 15.5 Å². The van der Waals surface area contributed by atoms with Crippen molar-refractivity contribution in [1.82, 2.24) is 0 Å². The molecule has 1 heterocycles. The van der Waals surface area contributed by atoms with Gasteiger partial charge in [0.1, 0.15) is 0 Å². The standard InChI is InChI=1S/C19H23N5O4S/c1-3-23(11-10-18(25)28-2)14-6-4-13(5-7-14)20-21-19-16-12-15(24(26)27)8-9-17(16)22-29-19/h4-9,12,19,24,26,29H,3,10-11H2,1-2H3/b21-20+. The van der Waals surface area contributed by atoms with E-state index in [0.29, 0.717) is 18.7 Å². The van der Waals surface area contributed by atoms with Gasteiger partial charge in [0.15, 0.2) is 11.1 Å². The van der Waals surface area contributed by atoms with Gasteiger partial charge in [0.2, 0.25) is 0 Å². The number of ether oxygens (including phenoxy) is 1. The van der Waals surface area contributed by atoms with Gasteiger partial charge in [-0.1, -0.05) is 11.6 Å². The van der Waals surface area contributed by atoms with Crippen molar-refractivity contribution in [2.24, 2.45) is 14.6 Å². The number of quaternary nitrogens is 1. The maximum Gasteiger partial charge on any atom is 0.307 e. The van der Waals surface area contributed by atoms with E-state index >= 15 is 0 Å². The van der Waals surface area contributed by atoms with E-state index in [1.165, 1.54) is 13.2 Å². The quantitative estimate of drug-likeness (QED) is 0.264. The van der Waals surface area contributed by atoms with Gasteiger partial charge in [-0.3, -0.25) is 4.79 Å². The summed E-state index contributed by atoms with van der Waals surface area (Å²) in [5, 5.41) is 27.7. The molecular weight excluding hydrogens is 394 g/mol. The zero-order chi connectivity index (χ0) is 20.8. The van der Waals surface area contributed by atoms with Crippen LogP contribution in [-0.2, 0) is 21.1 Å². The highest BCUT2D eigenvalue weighted by molar-refractivity contribution is 7.69. The van der Waals surface area contributed by atoms with Crippen LogP contribution in [0.1, 0.15) is 24.3 Å². The number of carbonyl (C=O) groups is 1. The van der Waals surface area contributed by atoms with E-state index in [1.54, 1.807) is 12.1 Å². The number of nitrogens with zero attached hydrogens (tertiary/aromatic N) is 4. The Morgan fingerprint density at radius 3 is 2.76 bits per heavy atom. The van der Waals surface area contributed by atoms with Crippen LogP contribution in [0.2, 0.25) is 0 Å². The van der Waals surface area contributed by atoms with Crippen molar-refractivity contribution in [3.05, 3.63) is 53.2 Å². The number of benzene rings is 2. The predicted octanol–water partition coefficient (Wildman–Crippen LogP) is 2.91. The van der Waals surface area contributed by atoms with Crippen LogP contribution in [0, 0.1) is 5.21 Å². The number of anilines is 1. The molecule has 1 aliphatic rings. The maximum atomic E-state index is 11.4. The molecule has 0 radical (unpaired) electrons. The third kappa shape index (κ3) is 5.24. The molecule has 29 heavy (non-hydrogen) atoms. The van der Waals surface area contributed by atoms with E-state index < -0.39 is 5.23 Å². The number of thiol groups is 1. The Morgan fingerprint density at radius 1 is 1.34 bits per heavy atom. The molecule has 0 saturated carbocycles. The number of fused-ring (bicyclic) bond motifs is 1. The molecule has 2 unspecified atom stereocenters. The number of hydrogen-bond donors (Lipinski definition) is 3. The van der Waals surface area contributed by atoms with Crippen LogP contribution in [0.3, 0.4) is 0 Å². The lowest BCUT2D eigenvalue weighted by molar-refractivity contribution is -0.991. The SMILES string of the molecule is CCN(CCC(=O)OC)c1ccc(/N=N/C2[SH]=Nc3ccc([NH+]([O-])O)cc32)cc1. The van der Waals surface area contributed by atoms with Crippen molar-refractivity contribution in [3.8, 4) is 0 Å². The van der Waals surface area contributed by atoms with Gasteiger partial charge in [-0.05, 0) is 37.3 Å². The van der Waals surface area contributed by atoms with Crippen LogP contribution in [0.15, 0.2) is 57.1 Å². The van der Waals surface area contributed by atoms with Crippen LogP contribution in [0.4, 0.5) is 22.7 Å². The molecule has 0 bridgehead atoms. The largest absolute Gasteiger partial charge is 0.595 e. The van der Waals surface area contributed by atoms with Gasteiger partial charge in [-0.15, -0.1) is 0 Å². The second-order valence-corrected chi connectivity index (χ2v) is 7.23. The van der Waals surface area contributed by atoms with Gasteiger partial charge in [0.25, 0.3) is 0 Å². The third-order valence-corrected chi connectivity index (χ3v) is 5.45. The zero-order valence-corrected chi connectivity index (χ0v) is 17.0. The van der Waals surface area contributed by atoms with Crippen LogP contribution in [-0.4, -0.2) is 31.4 Å². The molecule has 0 fully saturated rings. The minimum absolute atomic E-state index is 0.215. The van der Waals surface area contributed by atoms with Crippen LogP contribution >= 0.6 is 0 Å². The third-order valence-electron chi connectivity index (χ3n) is 4.52. The molecular formula is C19H23N5O4S. The van der Waals surface area contributed by atoms with Gasteiger partial charge in [-0.25, -0.2) is 9.57 Å². The molecule has 2 aromatic rings. The Labute approximate surface area is 172 Å². The molecule has 2 atom stereocenters. The van der Waals surface area contributed by atoms with E-state index in [4.69, 9.17) is 9.94 Å². The van der Waals surface area contributed by atoms with Crippen LogP contribution in [0.5, 0.6) is 0 Å². The van der Waals surface area contributed by atoms with E-state index in [9.17, 15) is 10.0 Å². The fourth-order valence-corrected chi connectivity index (χ4v) is 3.74.